The van der Waals surface area contributed by atoms with Crippen molar-refractivity contribution in [2.75, 3.05) is 6.61 Å². The van der Waals surface area contributed by atoms with E-state index in [1.807, 2.05) is 26.0 Å². The molecule has 0 atom stereocenters. The van der Waals surface area contributed by atoms with Crippen LogP contribution < -0.4 is 9.47 Å². The Hall–Kier alpha value is -2.82. The summed E-state index contributed by atoms with van der Waals surface area (Å²) in [6, 6.07) is 3.81. The van der Waals surface area contributed by atoms with Gasteiger partial charge in [0.25, 0.3) is 0 Å². The normalized spacial score (nSPS) is 16.4. The lowest BCUT2D eigenvalue weighted by Crippen LogP contribution is -2.30. The van der Waals surface area contributed by atoms with E-state index in [9.17, 15) is 4.79 Å². The number of rotatable bonds is 9. The van der Waals surface area contributed by atoms with E-state index in [0.717, 1.165) is 35.8 Å². The number of carboxylic acid groups (broad SMARTS) is 1. The number of aliphatic carboxylic acids is 1. The second-order valence-corrected chi connectivity index (χ2v) is 9.04. The third kappa shape index (κ3) is 6.59. The molecule has 174 valence electrons. The van der Waals surface area contributed by atoms with Crippen molar-refractivity contribution in [3.63, 3.8) is 0 Å². The van der Waals surface area contributed by atoms with Gasteiger partial charge in [0.15, 0.2) is 0 Å². The number of ether oxygens (including phenoxy) is 2. The topological polar surface area (TPSA) is 55.8 Å². The Morgan fingerprint density at radius 1 is 1.25 bits per heavy atom. The van der Waals surface area contributed by atoms with E-state index >= 15 is 4.39 Å². The van der Waals surface area contributed by atoms with Gasteiger partial charge in [-0.25, -0.2) is 9.18 Å². The number of unbranched alkanes of at least 4 members (excludes halogenated alkanes) is 1. The number of carbonyl (C=O) groups is 1. The summed E-state index contributed by atoms with van der Waals surface area (Å²) in [5.74, 6) is 0.0767. The Labute approximate surface area is 191 Å². The molecule has 1 heterocycles. The maximum atomic E-state index is 15.1. The molecule has 1 aliphatic heterocycles. The maximum absolute atomic E-state index is 15.1. The highest BCUT2D eigenvalue weighted by molar-refractivity contribution is 5.82. The molecule has 0 aromatic heterocycles. The molecule has 5 heteroatoms. The van der Waals surface area contributed by atoms with Crippen molar-refractivity contribution < 1.29 is 23.8 Å². The minimum absolute atomic E-state index is 0.273. The van der Waals surface area contributed by atoms with Crippen LogP contribution in [0.15, 0.2) is 47.8 Å². The zero-order chi connectivity index (χ0) is 24.1. The van der Waals surface area contributed by atoms with Gasteiger partial charge in [-0.2, -0.15) is 0 Å². The van der Waals surface area contributed by atoms with Gasteiger partial charge in [-0.05, 0) is 75.0 Å². The zero-order valence-corrected chi connectivity index (χ0v) is 20.2. The number of hydrogen-bond donors (Lipinski definition) is 1. The van der Waals surface area contributed by atoms with E-state index < -0.39 is 17.4 Å². The first-order chi connectivity index (χ1) is 14.9. The minimum Gasteiger partial charge on any atom is -0.493 e. The molecule has 1 aromatic rings. The molecule has 0 bridgehead atoms. The van der Waals surface area contributed by atoms with Crippen LogP contribution in [-0.4, -0.2) is 23.3 Å². The molecule has 0 spiro atoms. The molecule has 1 aliphatic rings. The van der Waals surface area contributed by atoms with Gasteiger partial charge in [0, 0.05) is 23.3 Å². The van der Waals surface area contributed by atoms with Crippen molar-refractivity contribution >= 4 is 17.1 Å². The number of allylic oxidation sites excluding steroid dienone is 6. The molecule has 2 rings (SSSR count). The lowest BCUT2D eigenvalue weighted by molar-refractivity contribution is -0.131. The van der Waals surface area contributed by atoms with Crippen LogP contribution in [0, 0.1) is 5.92 Å². The van der Waals surface area contributed by atoms with E-state index in [4.69, 9.17) is 14.6 Å². The quantitative estimate of drug-likeness (QED) is 0.246. The summed E-state index contributed by atoms with van der Waals surface area (Å²) in [5.41, 5.74) is 3.19. The van der Waals surface area contributed by atoms with Crippen molar-refractivity contribution in [1.82, 2.24) is 0 Å². The number of hydrogen-bond acceptors (Lipinski definition) is 3. The summed E-state index contributed by atoms with van der Waals surface area (Å²) in [6.07, 6.45) is 7.79. The van der Waals surface area contributed by atoms with Crippen molar-refractivity contribution in [3.8, 4) is 11.5 Å². The Balaban J connectivity index is 2.60. The fraction of sp³-hybridized carbons (Fsp3) is 0.444. The fourth-order valence-electron chi connectivity index (χ4n) is 3.55. The van der Waals surface area contributed by atoms with Crippen LogP contribution in [0.25, 0.3) is 11.1 Å². The molecule has 0 amide bonds. The molecule has 1 aromatic carbocycles. The Morgan fingerprint density at radius 2 is 1.94 bits per heavy atom. The Bertz CT molecular complexity index is 978. The zero-order valence-electron chi connectivity index (χ0n) is 20.2. The van der Waals surface area contributed by atoms with E-state index in [0.29, 0.717) is 29.1 Å². The number of benzene rings is 1. The van der Waals surface area contributed by atoms with Gasteiger partial charge in [-0.15, -0.1) is 0 Å². The molecule has 0 unspecified atom stereocenters. The standard InChI is InChI=1S/C27H35FO4/c1-8-9-12-31-24-15-25-21(22(17(2)3)16-27(6,7)32-25)14-20(24)19(5)23(28)11-10-18(4)13-26(29)30/h10-11,13-17H,8-9,12H2,1-7H3,(H,29,30). The van der Waals surface area contributed by atoms with E-state index in [2.05, 4.69) is 26.8 Å². The molecule has 1 N–H and O–H groups in total. The molecule has 32 heavy (non-hydrogen) atoms. The minimum atomic E-state index is -1.06. The van der Waals surface area contributed by atoms with Crippen LogP contribution in [-0.2, 0) is 4.79 Å². The van der Waals surface area contributed by atoms with E-state index in [1.165, 1.54) is 12.2 Å². The second-order valence-electron chi connectivity index (χ2n) is 9.04. The average Bonchev–Trinajstić information content (AvgIpc) is 2.69. The van der Waals surface area contributed by atoms with Gasteiger partial charge in [0.2, 0.25) is 0 Å². The smallest absolute Gasteiger partial charge is 0.328 e. The highest BCUT2D eigenvalue weighted by Crippen LogP contribution is 2.44. The van der Waals surface area contributed by atoms with Crippen LogP contribution in [0.3, 0.4) is 0 Å². The molecule has 0 saturated heterocycles. The monoisotopic (exact) mass is 442 g/mol. The summed E-state index contributed by atoms with van der Waals surface area (Å²) < 4.78 is 27.3. The van der Waals surface area contributed by atoms with Crippen LogP contribution in [0.2, 0.25) is 0 Å². The van der Waals surface area contributed by atoms with Gasteiger partial charge in [0.05, 0.1) is 6.61 Å². The SMILES string of the molecule is CCCCOc1cc2c(cc1C(C)=C(F)C=CC(C)=CC(=O)O)C(C(C)C)=CC(C)(C)O2. The molecule has 0 saturated carbocycles. The van der Waals surface area contributed by atoms with Gasteiger partial charge in [0.1, 0.15) is 22.9 Å². The van der Waals surface area contributed by atoms with Crippen LogP contribution >= 0.6 is 0 Å². The first-order valence-electron chi connectivity index (χ1n) is 11.1. The third-order valence-corrected chi connectivity index (χ3v) is 5.25. The summed E-state index contributed by atoms with van der Waals surface area (Å²) in [7, 11) is 0. The van der Waals surface area contributed by atoms with Crippen LogP contribution in [0.5, 0.6) is 11.5 Å². The van der Waals surface area contributed by atoms with E-state index in [-0.39, 0.29) is 5.92 Å². The summed E-state index contributed by atoms with van der Waals surface area (Å²) in [4.78, 5) is 10.8. The third-order valence-electron chi connectivity index (χ3n) is 5.25. The molecule has 0 aliphatic carbocycles. The van der Waals surface area contributed by atoms with Gasteiger partial charge in [-0.1, -0.05) is 33.3 Å². The first-order valence-corrected chi connectivity index (χ1v) is 11.1. The lowest BCUT2D eigenvalue weighted by atomic mass is 9.86. The molecular weight excluding hydrogens is 407 g/mol. The van der Waals surface area contributed by atoms with Crippen molar-refractivity contribution in [2.24, 2.45) is 5.92 Å². The molecular formula is C27H35FO4. The van der Waals surface area contributed by atoms with Crippen molar-refractivity contribution in [1.29, 1.82) is 0 Å². The fourth-order valence-corrected chi connectivity index (χ4v) is 3.55. The predicted octanol–water partition coefficient (Wildman–Crippen LogP) is 7.36. The number of halogens is 1. The Morgan fingerprint density at radius 3 is 2.53 bits per heavy atom. The average molecular weight is 443 g/mol. The highest BCUT2D eigenvalue weighted by atomic mass is 19.1. The first kappa shape index (κ1) is 25.4. The molecule has 0 fully saturated rings. The molecule has 0 radical (unpaired) electrons. The number of carboxylic acids is 1. The largest absolute Gasteiger partial charge is 0.493 e. The van der Waals surface area contributed by atoms with Crippen molar-refractivity contribution in [2.45, 2.75) is 66.9 Å². The molecule has 4 nitrogen and oxygen atoms in total. The number of fused-ring (bicyclic) bond motifs is 1. The summed E-state index contributed by atoms with van der Waals surface area (Å²) in [6.45, 7) is 14.2. The summed E-state index contributed by atoms with van der Waals surface area (Å²) in [5, 5.41) is 8.84. The second kappa shape index (κ2) is 10.7. The lowest BCUT2D eigenvalue weighted by Gasteiger charge is -2.33. The van der Waals surface area contributed by atoms with Gasteiger partial charge in [-0.3, -0.25) is 0 Å². The van der Waals surface area contributed by atoms with Gasteiger partial charge < -0.3 is 14.6 Å². The highest BCUT2D eigenvalue weighted by Gasteiger charge is 2.29. The maximum Gasteiger partial charge on any atom is 0.328 e. The predicted molar refractivity (Wildman–Crippen MR) is 129 cm³/mol. The van der Waals surface area contributed by atoms with Crippen LogP contribution in [0.4, 0.5) is 4.39 Å². The van der Waals surface area contributed by atoms with E-state index in [1.54, 1.807) is 13.8 Å². The van der Waals surface area contributed by atoms with Gasteiger partial charge >= 0.3 is 5.97 Å². The summed E-state index contributed by atoms with van der Waals surface area (Å²) >= 11 is 0. The van der Waals surface area contributed by atoms with Crippen LogP contribution in [0.1, 0.15) is 72.4 Å². The Kier molecular flexibility index (Phi) is 8.48. The van der Waals surface area contributed by atoms with Crippen molar-refractivity contribution in [3.05, 3.63) is 59.0 Å².